The van der Waals surface area contributed by atoms with Crippen molar-refractivity contribution >= 4 is 23.6 Å². The largest absolute Gasteiger partial charge is 0.449 e. The highest BCUT2D eigenvalue weighted by molar-refractivity contribution is 6.09. The van der Waals surface area contributed by atoms with Gasteiger partial charge >= 0.3 is 0 Å². The molecular formula is C25H29N3O3. The van der Waals surface area contributed by atoms with Crippen molar-refractivity contribution in [3.8, 4) is 5.75 Å². The first-order valence-electron chi connectivity index (χ1n) is 11.0. The quantitative estimate of drug-likeness (QED) is 0.547. The number of amides is 2. The van der Waals surface area contributed by atoms with Gasteiger partial charge in [0.1, 0.15) is 0 Å². The highest BCUT2D eigenvalue weighted by Gasteiger charge is 2.23. The Hall–Kier alpha value is -3.12. The van der Waals surface area contributed by atoms with Crippen molar-refractivity contribution in [3.63, 3.8) is 0 Å². The van der Waals surface area contributed by atoms with Crippen LogP contribution < -0.4 is 15.4 Å². The van der Waals surface area contributed by atoms with Gasteiger partial charge in [-0.3, -0.25) is 9.59 Å². The molecule has 0 radical (unpaired) electrons. The number of piperidine rings is 1. The van der Waals surface area contributed by atoms with Crippen molar-refractivity contribution in [1.29, 1.82) is 0 Å². The van der Waals surface area contributed by atoms with Crippen LogP contribution in [0, 0.1) is 0 Å². The fraction of sp³-hybridized carbons (Fsp3) is 0.360. The summed E-state index contributed by atoms with van der Waals surface area (Å²) in [6.07, 6.45) is 6.46. The Morgan fingerprint density at radius 1 is 1.23 bits per heavy atom. The molecule has 2 aliphatic heterocycles. The van der Waals surface area contributed by atoms with Gasteiger partial charge in [-0.05, 0) is 62.6 Å². The van der Waals surface area contributed by atoms with Gasteiger partial charge in [0, 0.05) is 24.7 Å². The maximum atomic E-state index is 12.5. The third-order valence-electron chi connectivity index (χ3n) is 5.88. The number of ether oxygens (including phenoxy) is 1. The first kappa shape index (κ1) is 21.1. The predicted octanol–water partition coefficient (Wildman–Crippen LogP) is 4.05. The number of hydrogen-bond donors (Lipinski definition) is 2. The van der Waals surface area contributed by atoms with E-state index >= 15 is 0 Å². The minimum Gasteiger partial charge on any atom is -0.449 e. The summed E-state index contributed by atoms with van der Waals surface area (Å²) in [5, 5.41) is 5.80. The lowest BCUT2D eigenvalue weighted by Gasteiger charge is -2.33. The van der Waals surface area contributed by atoms with Crippen LogP contribution in [0.4, 0.5) is 5.69 Å². The van der Waals surface area contributed by atoms with E-state index in [0.717, 1.165) is 25.1 Å². The number of benzene rings is 2. The average Bonchev–Trinajstić information content (AvgIpc) is 2.78. The zero-order valence-corrected chi connectivity index (χ0v) is 17.9. The van der Waals surface area contributed by atoms with E-state index in [1.54, 1.807) is 24.3 Å². The Bertz CT molecular complexity index is 971. The summed E-state index contributed by atoms with van der Waals surface area (Å²) < 4.78 is 5.77. The van der Waals surface area contributed by atoms with Crippen molar-refractivity contribution in [2.24, 2.45) is 0 Å². The molecule has 1 saturated heterocycles. The molecule has 2 aromatic carbocycles. The fourth-order valence-electron chi connectivity index (χ4n) is 4.08. The standard InChI is InChI=1S/C25H29N3O3/c1-18-8-5-6-14-28(18)15-7-13-26-24(29)20-11-12-22-21(17-20)27-25(30)23(31-22)16-19-9-3-2-4-10-19/h2-4,9-12,16-18H,5-8,13-15H2,1H3,(H,26,29)(H,27,30)/b23-16-/t18-/m0/s1. The van der Waals surface area contributed by atoms with Crippen LogP contribution in [0.1, 0.15) is 48.5 Å². The molecule has 0 saturated carbocycles. The Kier molecular flexibility index (Phi) is 6.67. The van der Waals surface area contributed by atoms with Gasteiger partial charge < -0.3 is 20.3 Å². The summed E-state index contributed by atoms with van der Waals surface area (Å²) in [4.78, 5) is 27.5. The summed E-state index contributed by atoms with van der Waals surface area (Å²) >= 11 is 0. The summed E-state index contributed by atoms with van der Waals surface area (Å²) in [5.41, 5.74) is 1.89. The van der Waals surface area contributed by atoms with Gasteiger partial charge in [-0.15, -0.1) is 0 Å². The summed E-state index contributed by atoms with van der Waals surface area (Å²) in [6, 6.07) is 15.3. The van der Waals surface area contributed by atoms with E-state index in [1.165, 1.54) is 19.3 Å². The molecule has 0 aromatic heterocycles. The number of likely N-dealkylation sites (tertiary alicyclic amines) is 1. The average molecular weight is 420 g/mol. The molecule has 2 N–H and O–H groups in total. The van der Waals surface area contributed by atoms with Crippen LogP contribution >= 0.6 is 0 Å². The molecule has 0 unspecified atom stereocenters. The zero-order valence-electron chi connectivity index (χ0n) is 17.9. The third kappa shape index (κ3) is 5.33. The molecule has 31 heavy (non-hydrogen) atoms. The first-order chi connectivity index (χ1) is 15.1. The van der Waals surface area contributed by atoms with Crippen molar-refractivity contribution in [1.82, 2.24) is 10.2 Å². The molecule has 6 nitrogen and oxygen atoms in total. The maximum absolute atomic E-state index is 12.5. The highest BCUT2D eigenvalue weighted by atomic mass is 16.5. The molecule has 0 bridgehead atoms. The van der Waals surface area contributed by atoms with E-state index < -0.39 is 0 Å². The lowest BCUT2D eigenvalue weighted by Crippen LogP contribution is -2.39. The van der Waals surface area contributed by atoms with Gasteiger partial charge in [-0.25, -0.2) is 0 Å². The Morgan fingerprint density at radius 2 is 2.06 bits per heavy atom. The molecular weight excluding hydrogens is 390 g/mol. The van der Waals surface area contributed by atoms with Crippen LogP contribution in [0.25, 0.3) is 6.08 Å². The number of fused-ring (bicyclic) bond motifs is 1. The third-order valence-corrected chi connectivity index (χ3v) is 5.88. The van der Waals surface area contributed by atoms with Crippen molar-refractivity contribution < 1.29 is 14.3 Å². The highest BCUT2D eigenvalue weighted by Crippen LogP contribution is 2.32. The van der Waals surface area contributed by atoms with Gasteiger partial charge in [0.2, 0.25) is 0 Å². The monoisotopic (exact) mass is 419 g/mol. The van der Waals surface area contributed by atoms with E-state index in [1.807, 2.05) is 30.3 Å². The number of nitrogens with one attached hydrogen (secondary N) is 2. The second-order valence-electron chi connectivity index (χ2n) is 8.18. The Morgan fingerprint density at radius 3 is 2.87 bits per heavy atom. The van der Waals surface area contributed by atoms with Gasteiger partial charge in [0.25, 0.3) is 11.8 Å². The molecule has 0 spiro atoms. The van der Waals surface area contributed by atoms with Gasteiger partial charge in [0.15, 0.2) is 11.5 Å². The van der Waals surface area contributed by atoms with Crippen LogP contribution in [0.5, 0.6) is 5.75 Å². The molecule has 2 aromatic rings. The predicted molar refractivity (Wildman–Crippen MR) is 122 cm³/mol. The molecule has 162 valence electrons. The van der Waals surface area contributed by atoms with Crippen LogP contribution in [-0.2, 0) is 4.79 Å². The second-order valence-corrected chi connectivity index (χ2v) is 8.18. The molecule has 2 aliphatic rings. The molecule has 2 amide bonds. The van der Waals surface area contributed by atoms with Crippen molar-refractivity contribution in [2.45, 2.75) is 38.6 Å². The second kappa shape index (κ2) is 9.79. The van der Waals surface area contributed by atoms with E-state index in [2.05, 4.69) is 22.5 Å². The molecule has 0 aliphatic carbocycles. The summed E-state index contributed by atoms with van der Waals surface area (Å²) in [6.45, 7) is 5.07. The first-order valence-corrected chi connectivity index (χ1v) is 11.0. The van der Waals surface area contributed by atoms with E-state index in [4.69, 9.17) is 4.74 Å². The maximum Gasteiger partial charge on any atom is 0.291 e. The van der Waals surface area contributed by atoms with Gasteiger partial charge in [-0.2, -0.15) is 0 Å². The minimum atomic E-state index is -0.329. The smallest absolute Gasteiger partial charge is 0.291 e. The minimum absolute atomic E-state index is 0.144. The molecule has 1 fully saturated rings. The zero-order chi connectivity index (χ0) is 21.6. The number of anilines is 1. The normalized spacial score (nSPS) is 20.0. The van der Waals surface area contributed by atoms with Crippen LogP contribution in [-0.4, -0.2) is 42.4 Å². The SMILES string of the molecule is C[C@H]1CCCCN1CCCNC(=O)c1ccc2c(c1)NC(=O)/C(=C/c1ccccc1)O2. The van der Waals surface area contributed by atoms with Crippen molar-refractivity contribution in [2.75, 3.05) is 25.0 Å². The molecule has 4 rings (SSSR count). The fourth-order valence-corrected chi connectivity index (χ4v) is 4.08. The van der Waals surface area contributed by atoms with E-state index in [0.29, 0.717) is 29.6 Å². The van der Waals surface area contributed by atoms with E-state index in [9.17, 15) is 9.59 Å². The Balaban J connectivity index is 1.33. The topological polar surface area (TPSA) is 70.7 Å². The summed E-state index contributed by atoms with van der Waals surface area (Å²) in [7, 11) is 0. The number of hydrogen-bond acceptors (Lipinski definition) is 4. The number of rotatable bonds is 6. The number of nitrogens with zero attached hydrogens (tertiary/aromatic N) is 1. The Labute approximate surface area is 183 Å². The van der Waals surface area contributed by atoms with Crippen LogP contribution in [0.2, 0.25) is 0 Å². The van der Waals surface area contributed by atoms with Crippen molar-refractivity contribution in [3.05, 3.63) is 65.4 Å². The van der Waals surface area contributed by atoms with Crippen LogP contribution in [0.15, 0.2) is 54.3 Å². The molecule has 2 heterocycles. The van der Waals surface area contributed by atoms with Crippen LogP contribution in [0.3, 0.4) is 0 Å². The lowest BCUT2D eigenvalue weighted by atomic mass is 10.0. The van der Waals surface area contributed by atoms with E-state index in [-0.39, 0.29) is 17.6 Å². The summed E-state index contributed by atoms with van der Waals surface area (Å²) in [5.74, 6) is 0.277. The molecule has 6 heteroatoms. The van der Waals surface area contributed by atoms with Gasteiger partial charge in [0.05, 0.1) is 5.69 Å². The molecule has 1 atom stereocenters. The van der Waals surface area contributed by atoms with Gasteiger partial charge in [-0.1, -0.05) is 36.8 Å². The number of carbonyl (C=O) groups is 2. The lowest BCUT2D eigenvalue weighted by molar-refractivity contribution is -0.115. The number of carbonyl (C=O) groups excluding carboxylic acids is 2.